The normalized spacial score (nSPS) is 18.7. The third kappa shape index (κ3) is 6.49. The van der Waals surface area contributed by atoms with Crippen LogP contribution in [0.15, 0.2) is 0 Å². The molecule has 0 aliphatic rings. The minimum atomic E-state index is -2.14. The molecule has 0 saturated carbocycles. The van der Waals surface area contributed by atoms with Crippen molar-refractivity contribution in [2.75, 3.05) is 0 Å². The van der Waals surface area contributed by atoms with Crippen LogP contribution in [0.1, 0.15) is 93.9 Å². The van der Waals surface area contributed by atoms with Crippen molar-refractivity contribution in [2.24, 2.45) is 0 Å². The van der Waals surface area contributed by atoms with E-state index in [1.165, 1.54) is 0 Å². The zero-order valence-corrected chi connectivity index (χ0v) is 29.2. The standard InChI is InChI=1S/C25H60O3Si4/c1-16-22(7,26-31(13)25(20-5,21-6)27-30(11)12)24(18-3,19-4)32(14,15)28-23(8,17-2)29(9)10/h29-31H,16-21H2,1-15H3/t22-,23?,31?/m1/s1. The van der Waals surface area contributed by atoms with E-state index in [1.54, 1.807) is 0 Å². The topological polar surface area (TPSA) is 27.7 Å². The van der Waals surface area contributed by atoms with Crippen molar-refractivity contribution in [3.8, 4) is 0 Å². The summed E-state index contributed by atoms with van der Waals surface area (Å²) in [5, 5.41) is 0.0591. The van der Waals surface area contributed by atoms with Gasteiger partial charge >= 0.3 is 0 Å². The predicted octanol–water partition coefficient (Wildman–Crippen LogP) is 7.60. The van der Waals surface area contributed by atoms with Crippen molar-refractivity contribution in [3.05, 3.63) is 0 Å². The Kier molecular flexibility index (Phi) is 12.9. The van der Waals surface area contributed by atoms with Crippen LogP contribution in [0, 0.1) is 0 Å². The van der Waals surface area contributed by atoms with E-state index < -0.39 is 35.2 Å². The van der Waals surface area contributed by atoms with E-state index in [0.29, 0.717) is 0 Å². The second-order valence-corrected chi connectivity index (χ2v) is 24.1. The Hall–Kier alpha value is 0.748. The number of hydrogen-bond acceptors (Lipinski definition) is 3. The Morgan fingerprint density at radius 2 is 1.12 bits per heavy atom. The van der Waals surface area contributed by atoms with Gasteiger partial charge < -0.3 is 13.3 Å². The molecule has 0 aliphatic heterocycles. The van der Waals surface area contributed by atoms with Crippen LogP contribution in [0.4, 0.5) is 0 Å². The van der Waals surface area contributed by atoms with Crippen LogP contribution in [0.5, 0.6) is 0 Å². The van der Waals surface area contributed by atoms with Crippen molar-refractivity contribution < 1.29 is 13.3 Å². The minimum Gasteiger partial charge on any atom is -0.415 e. The number of hydrogen-bond donors (Lipinski definition) is 0. The quantitative estimate of drug-likeness (QED) is 0.196. The molecular formula is C25H60O3Si4. The fourth-order valence-electron chi connectivity index (χ4n) is 6.35. The Bertz CT molecular complexity index is 547. The lowest BCUT2D eigenvalue weighted by atomic mass is 9.81. The molecule has 0 amide bonds. The van der Waals surface area contributed by atoms with Crippen molar-refractivity contribution in [1.82, 2.24) is 0 Å². The number of rotatable bonds is 16. The largest absolute Gasteiger partial charge is 0.415 e. The lowest BCUT2D eigenvalue weighted by Crippen LogP contribution is -2.64. The molecule has 2 unspecified atom stereocenters. The molecule has 0 N–H and O–H groups in total. The smallest absolute Gasteiger partial charge is 0.204 e. The van der Waals surface area contributed by atoms with Crippen LogP contribution < -0.4 is 0 Å². The molecule has 7 heteroatoms. The minimum absolute atomic E-state index is 0.0476. The van der Waals surface area contributed by atoms with Crippen molar-refractivity contribution >= 4 is 35.2 Å². The molecule has 3 nitrogen and oxygen atoms in total. The molecule has 0 aromatic heterocycles. The second kappa shape index (κ2) is 12.6. The molecule has 0 saturated heterocycles. The zero-order valence-electron chi connectivity index (χ0n) is 24.7. The van der Waals surface area contributed by atoms with E-state index in [-0.39, 0.29) is 21.1 Å². The molecule has 0 aromatic rings. The van der Waals surface area contributed by atoms with E-state index in [1.807, 2.05) is 0 Å². The van der Waals surface area contributed by atoms with Gasteiger partial charge in [0, 0.05) is 10.3 Å². The highest BCUT2D eigenvalue weighted by atomic mass is 28.4. The molecule has 0 aliphatic carbocycles. The Labute approximate surface area is 209 Å². The average Bonchev–Trinajstić information content (AvgIpc) is 2.71. The molecule has 0 fully saturated rings. The van der Waals surface area contributed by atoms with Gasteiger partial charge in [0.2, 0.25) is 9.04 Å². The van der Waals surface area contributed by atoms with Gasteiger partial charge in [-0.1, -0.05) is 54.6 Å². The Balaban J connectivity index is 6.46. The molecule has 0 spiro atoms. The van der Waals surface area contributed by atoms with Crippen LogP contribution in [-0.4, -0.2) is 51.2 Å². The summed E-state index contributed by atoms with van der Waals surface area (Å²) >= 11 is 0. The van der Waals surface area contributed by atoms with Gasteiger partial charge in [-0.15, -0.1) is 0 Å². The second-order valence-electron chi connectivity index (χ2n) is 11.5. The highest BCUT2D eigenvalue weighted by Gasteiger charge is 2.60. The van der Waals surface area contributed by atoms with Crippen LogP contribution in [-0.2, 0) is 13.3 Å². The molecule has 32 heavy (non-hydrogen) atoms. The fraction of sp³-hybridized carbons (Fsp3) is 1.00. The van der Waals surface area contributed by atoms with Gasteiger partial charge in [0.15, 0.2) is 17.4 Å². The van der Waals surface area contributed by atoms with E-state index in [0.717, 1.165) is 38.5 Å². The maximum Gasteiger partial charge on any atom is 0.204 e. The Morgan fingerprint density at radius 3 is 1.41 bits per heavy atom. The molecule has 0 rings (SSSR count). The summed E-state index contributed by atoms with van der Waals surface area (Å²) in [6.45, 7) is 35.7. The third-order valence-electron chi connectivity index (χ3n) is 9.30. The van der Waals surface area contributed by atoms with E-state index in [4.69, 9.17) is 13.3 Å². The summed E-state index contributed by atoms with van der Waals surface area (Å²) in [5.41, 5.74) is -0.192. The SMILES string of the molecule is CCC(C)(O[Si](C)(C)C(CC)(CC)[C@@](C)(CC)O[SiH](C)C(CC)(CC)O[SiH](C)C)[SiH](C)C. The van der Waals surface area contributed by atoms with Gasteiger partial charge in [-0.25, -0.2) is 0 Å². The highest BCUT2D eigenvalue weighted by molar-refractivity contribution is 6.76. The summed E-state index contributed by atoms with van der Waals surface area (Å²) in [7, 11) is -5.91. The maximum absolute atomic E-state index is 7.38. The van der Waals surface area contributed by atoms with Crippen LogP contribution >= 0.6 is 0 Å². The summed E-state index contributed by atoms with van der Waals surface area (Å²) in [6, 6.07) is 0. The lowest BCUT2D eigenvalue weighted by Gasteiger charge is -2.59. The molecule has 0 bridgehead atoms. The first kappa shape index (κ1) is 32.7. The zero-order chi connectivity index (χ0) is 25.6. The summed E-state index contributed by atoms with van der Waals surface area (Å²) in [6.07, 6.45) is 6.45. The van der Waals surface area contributed by atoms with Gasteiger partial charge in [-0.3, -0.25) is 0 Å². The van der Waals surface area contributed by atoms with E-state index in [9.17, 15) is 0 Å². The van der Waals surface area contributed by atoms with Gasteiger partial charge in [0.25, 0.3) is 0 Å². The molecule has 0 heterocycles. The monoisotopic (exact) mass is 520 g/mol. The van der Waals surface area contributed by atoms with Crippen molar-refractivity contribution in [2.45, 2.75) is 161 Å². The molecule has 3 atom stereocenters. The van der Waals surface area contributed by atoms with Crippen LogP contribution in [0.25, 0.3) is 0 Å². The molecule has 0 aromatic carbocycles. The molecule has 0 radical (unpaired) electrons. The first-order valence-corrected chi connectivity index (χ1v) is 24.4. The first-order chi connectivity index (χ1) is 14.6. The van der Waals surface area contributed by atoms with E-state index in [2.05, 4.69) is 101 Å². The molecular weight excluding hydrogens is 461 g/mol. The predicted molar refractivity (Wildman–Crippen MR) is 155 cm³/mol. The van der Waals surface area contributed by atoms with Crippen molar-refractivity contribution in [3.63, 3.8) is 0 Å². The fourth-order valence-corrected chi connectivity index (χ4v) is 19.2. The molecule has 194 valence electrons. The summed E-state index contributed by atoms with van der Waals surface area (Å²) in [5.74, 6) is 0. The first-order valence-electron chi connectivity index (χ1n) is 13.6. The van der Waals surface area contributed by atoms with Gasteiger partial charge in [-0.05, 0) is 85.1 Å². The van der Waals surface area contributed by atoms with Gasteiger partial charge in [0.05, 0.1) is 19.6 Å². The highest BCUT2D eigenvalue weighted by Crippen LogP contribution is 2.58. The third-order valence-corrected chi connectivity index (χ3v) is 21.5. The summed E-state index contributed by atoms with van der Waals surface area (Å²) in [4.78, 5) is 0. The lowest BCUT2D eigenvalue weighted by molar-refractivity contribution is -0.0134. The van der Waals surface area contributed by atoms with Crippen LogP contribution in [0.3, 0.4) is 0 Å². The van der Waals surface area contributed by atoms with Crippen molar-refractivity contribution in [1.29, 1.82) is 0 Å². The average molecular weight is 521 g/mol. The van der Waals surface area contributed by atoms with Crippen LogP contribution in [0.2, 0.25) is 50.9 Å². The maximum atomic E-state index is 7.38. The van der Waals surface area contributed by atoms with Gasteiger partial charge in [0.1, 0.15) is 0 Å². The van der Waals surface area contributed by atoms with E-state index >= 15 is 0 Å². The van der Waals surface area contributed by atoms with Gasteiger partial charge in [-0.2, -0.15) is 0 Å². The summed E-state index contributed by atoms with van der Waals surface area (Å²) < 4.78 is 21.5. The Morgan fingerprint density at radius 1 is 0.656 bits per heavy atom.